The Morgan fingerprint density at radius 2 is 2.39 bits per heavy atom. The van der Waals surface area contributed by atoms with Crippen molar-refractivity contribution in [1.29, 1.82) is 0 Å². The molecule has 0 aromatic carbocycles. The average Bonchev–Trinajstić information content (AvgIpc) is 2.88. The Hall–Kier alpha value is -1.33. The Morgan fingerprint density at radius 3 is 3.06 bits per heavy atom. The van der Waals surface area contributed by atoms with Crippen LogP contribution >= 0.6 is 0 Å². The van der Waals surface area contributed by atoms with Crippen LogP contribution in [0, 0.1) is 0 Å². The van der Waals surface area contributed by atoms with Crippen molar-refractivity contribution in [2.75, 3.05) is 13.7 Å². The highest BCUT2D eigenvalue weighted by molar-refractivity contribution is 5.86. The Morgan fingerprint density at radius 1 is 1.61 bits per heavy atom. The molecule has 5 nitrogen and oxygen atoms in total. The molecule has 0 radical (unpaired) electrons. The molecule has 1 aromatic heterocycles. The minimum Gasteiger partial charge on any atom is -0.463 e. The molecule has 1 N–H and O–H groups in total. The van der Waals surface area contributed by atoms with Gasteiger partial charge in [-0.3, -0.25) is 0 Å². The van der Waals surface area contributed by atoms with Crippen molar-refractivity contribution in [3.63, 3.8) is 0 Å². The van der Waals surface area contributed by atoms with Crippen molar-refractivity contribution >= 4 is 5.97 Å². The summed E-state index contributed by atoms with van der Waals surface area (Å²) in [6.07, 6.45) is 1.82. The third kappa shape index (κ3) is 2.42. The lowest BCUT2D eigenvalue weighted by Gasteiger charge is -2.35. The molecule has 5 heteroatoms. The molecule has 1 aromatic rings. The van der Waals surface area contributed by atoms with E-state index >= 15 is 0 Å². The lowest BCUT2D eigenvalue weighted by molar-refractivity contribution is -0.118. The second-order valence-electron chi connectivity index (χ2n) is 4.54. The Balaban J connectivity index is 2.19. The summed E-state index contributed by atoms with van der Waals surface area (Å²) in [7, 11) is 1.29. The Kier molecular flexibility index (Phi) is 3.73. The number of esters is 1. The smallest absolute Gasteiger partial charge is 0.373 e. The van der Waals surface area contributed by atoms with Crippen LogP contribution in [-0.4, -0.2) is 30.9 Å². The molecule has 2 unspecified atom stereocenters. The predicted octanol–water partition coefficient (Wildman–Crippen LogP) is 1.84. The maximum Gasteiger partial charge on any atom is 0.373 e. The van der Waals surface area contributed by atoms with Gasteiger partial charge in [-0.15, -0.1) is 0 Å². The molecule has 1 aliphatic rings. The first-order chi connectivity index (χ1) is 8.59. The van der Waals surface area contributed by atoms with E-state index in [1.807, 2.05) is 6.92 Å². The minimum atomic E-state index is -1.05. The van der Waals surface area contributed by atoms with Gasteiger partial charge >= 0.3 is 5.97 Å². The van der Waals surface area contributed by atoms with Gasteiger partial charge in [0.15, 0.2) is 0 Å². The zero-order valence-corrected chi connectivity index (χ0v) is 10.6. The number of hydrogen-bond donors (Lipinski definition) is 1. The van der Waals surface area contributed by atoms with E-state index in [0.717, 1.165) is 6.42 Å². The van der Waals surface area contributed by atoms with Gasteiger partial charge < -0.3 is 19.0 Å². The van der Waals surface area contributed by atoms with Gasteiger partial charge in [0.25, 0.3) is 0 Å². The lowest BCUT2D eigenvalue weighted by Crippen LogP contribution is -2.38. The van der Waals surface area contributed by atoms with Gasteiger partial charge in [-0.25, -0.2) is 4.79 Å². The fraction of sp³-hybridized carbons (Fsp3) is 0.615. The molecule has 18 heavy (non-hydrogen) atoms. The van der Waals surface area contributed by atoms with Crippen LogP contribution in [0.1, 0.15) is 42.5 Å². The highest BCUT2D eigenvalue weighted by atomic mass is 16.5. The van der Waals surface area contributed by atoms with E-state index in [0.29, 0.717) is 25.2 Å². The zero-order valence-electron chi connectivity index (χ0n) is 10.6. The van der Waals surface area contributed by atoms with Crippen molar-refractivity contribution in [3.8, 4) is 0 Å². The van der Waals surface area contributed by atoms with E-state index in [4.69, 9.17) is 9.15 Å². The maximum atomic E-state index is 11.3. The van der Waals surface area contributed by atoms with Crippen molar-refractivity contribution in [1.82, 2.24) is 0 Å². The van der Waals surface area contributed by atoms with Crippen molar-refractivity contribution in [2.24, 2.45) is 0 Å². The fourth-order valence-electron chi connectivity index (χ4n) is 2.22. The first kappa shape index (κ1) is 13.1. The molecule has 1 fully saturated rings. The van der Waals surface area contributed by atoms with Crippen molar-refractivity contribution < 1.29 is 23.8 Å². The molecule has 2 rings (SSSR count). The van der Waals surface area contributed by atoms with Gasteiger partial charge in [-0.1, -0.05) is 6.92 Å². The summed E-state index contributed by atoms with van der Waals surface area (Å²) in [6.45, 7) is 2.50. The number of hydrogen-bond acceptors (Lipinski definition) is 5. The Bertz CT molecular complexity index is 425. The number of furan rings is 1. The summed E-state index contributed by atoms with van der Waals surface area (Å²) in [5, 5.41) is 10.6. The number of ether oxygens (including phenoxy) is 2. The molecule has 0 bridgehead atoms. The zero-order chi connectivity index (χ0) is 13.2. The molecule has 2 heterocycles. The molecular weight excluding hydrogens is 236 g/mol. The van der Waals surface area contributed by atoms with E-state index in [1.54, 1.807) is 6.07 Å². The fourth-order valence-corrected chi connectivity index (χ4v) is 2.22. The summed E-state index contributed by atoms with van der Waals surface area (Å²) < 4.78 is 15.5. The molecule has 0 spiro atoms. The normalized spacial score (nSPS) is 28.1. The second-order valence-corrected chi connectivity index (χ2v) is 4.54. The molecule has 2 atom stereocenters. The average molecular weight is 254 g/mol. The summed E-state index contributed by atoms with van der Waals surface area (Å²) in [5.74, 6) is -0.0194. The van der Waals surface area contributed by atoms with E-state index < -0.39 is 11.6 Å². The quantitative estimate of drug-likeness (QED) is 0.833. The molecule has 0 saturated carbocycles. The van der Waals surface area contributed by atoms with E-state index in [-0.39, 0.29) is 11.9 Å². The number of carbonyl (C=O) groups excluding carboxylic acids is 1. The van der Waals surface area contributed by atoms with Crippen LogP contribution < -0.4 is 0 Å². The van der Waals surface area contributed by atoms with Gasteiger partial charge in [-0.2, -0.15) is 0 Å². The molecule has 0 aliphatic carbocycles. The minimum absolute atomic E-state index is 0.0235. The van der Waals surface area contributed by atoms with E-state index in [1.165, 1.54) is 13.2 Å². The summed E-state index contributed by atoms with van der Waals surface area (Å²) in [4.78, 5) is 11.3. The van der Waals surface area contributed by atoms with E-state index in [2.05, 4.69) is 4.74 Å². The van der Waals surface area contributed by atoms with Crippen molar-refractivity contribution in [3.05, 3.63) is 23.7 Å². The van der Waals surface area contributed by atoms with Crippen LogP contribution in [0.2, 0.25) is 0 Å². The summed E-state index contributed by atoms with van der Waals surface area (Å²) in [6, 6.07) is 3.15. The first-order valence-electron chi connectivity index (χ1n) is 6.11. The molecule has 1 aliphatic heterocycles. The topological polar surface area (TPSA) is 68.9 Å². The number of rotatable bonds is 3. The number of aliphatic hydroxyl groups is 1. The highest BCUT2D eigenvalue weighted by Gasteiger charge is 2.39. The number of methoxy groups -OCH3 is 1. The third-order valence-electron chi connectivity index (χ3n) is 3.34. The van der Waals surface area contributed by atoms with Gasteiger partial charge in [0, 0.05) is 12.8 Å². The largest absolute Gasteiger partial charge is 0.463 e. The van der Waals surface area contributed by atoms with Crippen LogP contribution in [0.3, 0.4) is 0 Å². The van der Waals surface area contributed by atoms with Gasteiger partial charge in [0.1, 0.15) is 11.4 Å². The van der Waals surface area contributed by atoms with Crippen LogP contribution in [0.15, 0.2) is 16.5 Å². The van der Waals surface area contributed by atoms with Crippen LogP contribution in [0.5, 0.6) is 0 Å². The Labute approximate surface area is 106 Å². The maximum absolute atomic E-state index is 11.3. The van der Waals surface area contributed by atoms with E-state index in [9.17, 15) is 9.90 Å². The molecule has 1 saturated heterocycles. The van der Waals surface area contributed by atoms with Crippen molar-refractivity contribution in [2.45, 2.75) is 37.9 Å². The monoisotopic (exact) mass is 254 g/mol. The first-order valence-corrected chi connectivity index (χ1v) is 6.11. The van der Waals surface area contributed by atoms with Gasteiger partial charge in [-0.05, 0) is 18.6 Å². The molecule has 100 valence electrons. The second kappa shape index (κ2) is 5.12. The summed E-state index contributed by atoms with van der Waals surface area (Å²) >= 11 is 0. The third-order valence-corrected chi connectivity index (χ3v) is 3.34. The number of carbonyl (C=O) groups is 1. The summed E-state index contributed by atoms with van der Waals surface area (Å²) in [5.41, 5.74) is -1.05. The molecular formula is C13H18O5. The van der Waals surface area contributed by atoms with Crippen LogP contribution in [0.4, 0.5) is 0 Å². The predicted molar refractivity (Wildman–Crippen MR) is 63.2 cm³/mol. The SMILES string of the molecule is CCC1CC(O)(c2ccc(C(=O)OC)o2)CCO1. The van der Waals surface area contributed by atoms with Crippen LogP contribution in [0.25, 0.3) is 0 Å². The molecule has 0 amide bonds. The standard InChI is InChI=1S/C13H18O5/c1-3-9-8-13(15,6-7-17-9)11-5-4-10(18-11)12(14)16-2/h4-5,9,15H,3,6-8H2,1-2H3. The van der Waals surface area contributed by atoms with Gasteiger partial charge in [0.2, 0.25) is 5.76 Å². The lowest BCUT2D eigenvalue weighted by atomic mass is 9.87. The highest BCUT2D eigenvalue weighted by Crippen LogP contribution is 2.36. The van der Waals surface area contributed by atoms with Gasteiger partial charge in [0.05, 0.1) is 19.8 Å². The van der Waals surface area contributed by atoms with Crippen LogP contribution in [-0.2, 0) is 15.1 Å².